The van der Waals surface area contributed by atoms with Crippen molar-refractivity contribution in [3.05, 3.63) is 6.08 Å². The summed E-state index contributed by atoms with van der Waals surface area (Å²) in [5.41, 5.74) is 0. The number of allylic oxidation sites excluding steroid dienone is 1. The number of hydrogen-bond donors (Lipinski definition) is 0. The summed E-state index contributed by atoms with van der Waals surface area (Å²) in [4.78, 5) is 9.87. The van der Waals surface area contributed by atoms with Gasteiger partial charge in [-0.1, -0.05) is 20.3 Å². The fourth-order valence-electron chi connectivity index (χ4n) is 0.872. The first kappa shape index (κ1) is 8.45. The molecule has 0 radical (unpaired) electrons. The Morgan fingerprint density at radius 3 is 2.56 bits per heavy atom. The first-order valence-electron chi connectivity index (χ1n) is 3.56. The van der Waals surface area contributed by atoms with Crippen LogP contribution in [0.4, 0.5) is 0 Å². The molecule has 0 saturated carbocycles. The molecule has 0 aliphatic rings. The van der Waals surface area contributed by atoms with Crippen molar-refractivity contribution in [3.8, 4) is 0 Å². The molecule has 0 saturated heterocycles. The van der Waals surface area contributed by atoms with Crippen molar-refractivity contribution in [3.63, 3.8) is 0 Å². The van der Waals surface area contributed by atoms with Crippen LogP contribution >= 0.6 is 0 Å². The van der Waals surface area contributed by atoms with E-state index in [9.17, 15) is 4.79 Å². The Morgan fingerprint density at radius 1 is 1.56 bits per heavy atom. The second-order valence-corrected chi connectivity index (χ2v) is 2.24. The molecule has 1 heteroatoms. The van der Waals surface area contributed by atoms with E-state index in [4.69, 9.17) is 0 Å². The van der Waals surface area contributed by atoms with Crippen molar-refractivity contribution in [2.24, 2.45) is 5.92 Å². The average Bonchev–Trinajstić information content (AvgIpc) is 1.88. The molecule has 0 rings (SSSR count). The fourth-order valence-corrected chi connectivity index (χ4v) is 0.872. The van der Waals surface area contributed by atoms with Gasteiger partial charge in [0, 0.05) is 6.08 Å². The highest BCUT2D eigenvalue weighted by Crippen LogP contribution is 2.09. The van der Waals surface area contributed by atoms with E-state index in [1.807, 2.05) is 5.94 Å². The van der Waals surface area contributed by atoms with Gasteiger partial charge in [0.25, 0.3) is 0 Å². The van der Waals surface area contributed by atoms with Gasteiger partial charge in [0.1, 0.15) is 5.94 Å². The summed E-state index contributed by atoms with van der Waals surface area (Å²) in [5.74, 6) is 2.29. The molecule has 52 valence electrons. The summed E-state index contributed by atoms with van der Waals surface area (Å²) in [5, 5.41) is 0. The summed E-state index contributed by atoms with van der Waals surface area (Å²) in [6, 6.07) is 0. The number of hydrogen-bond acceptors (Lipinski definition) is 1. The van der Waals surface area contributed by atoms with E-state index in [1.54, 1.807) is 6.08 Å². The Balaban J connectivity index is 3.53. The van der Waals surface area contributed by atoms with E-state index in [0.717, 1.165) is 19.3 Å². The maximum absolute atomic E-state index is 9.87. The minimum absolute atomic E-state index is 0.465. The van der Waals surface area contributed by atoms with E-state index in [1.165, 1.54) is 0 Å². The molecule has 0 aliphatic carbocycles. The third-order valence-corrected chi connectivity index (χ3v) is 1.49. The summed E-state index contributed by atoms with van der Waals surface area (Å²) < 4.78 is 0. The van der Waals surface area contributed by atoms with Gasteiger partial charge in [0.2, 0.25) is 0 Å². The Bertz CT molecular complexity index is 101. The van der Waals surface area contributed by atoms with Crippen LogP contribution in [0.3, 0.4) is 0 Å². The molecular weight excluding hydrogens is 112 g/mol. The van der Waals surface area contributed by atoms with Crippen LogP contribution in [0.5, 0.6) is 0 Å². The van der Waals surface area contributed by atoms with Crippen molar-refractivity contribution >= 4 is 5.94 Å². The van der Waals surface area contributed by atoms with Gasteiger partial charge in [-0.2, -0.15) is 0 Å². The van der Waals surface area contributed by atoms with Crippen molar-refractivity contribution in [1.29, 1.82) is 0 Å². The van der Waals surface area contributed by atoms with Gasteiger partial charge in [-0.3, -0.25) is 0 Å². The molecule has 0 aliphatic heterocycles. The molecule has 1 atom stereocenters. The lowest BCUT2D eigenvalue weighted by molar-refractivity contribution is 0.545. The van der Waals surface area contributed by atoms with Crippen LogP contribution in [-0.4, -0.2) is 5.94 Å². The molecule has 0 heterocycles. The van der Waals surface area contributed by atoms with Crippen molar-refractivity contribution in [2.45, 2.75) is 33.1 Å². The number of rotatable bonds is 4. The largest absolute Gasteiger partial charge is 0.234 e. The second-order valence-electron chi connectivity index (χ2n) is 2.24. The predicted octanol–water partition coefficient (Wildman–Crippen LogP) is 2.20. The zero-order valence-corrected chi connectivity index (χ0v) is 6.18. The van der Waals surface area contributed by atoms with Gasteiger partial charge in [-0.25, -0.2) is 4.79 Å². The smallest absolute Gasteiger partial charge is 0.120 e. The summed E-state index contributed by atoms with van der Waals surface area (Å²) in [6.07, 6.45) is 4.95. The summed E-state index contributed by atoms with van der Waals surface area (Å²) >= 11 is 0. The van der Waals surface area contributed by atoms with Gasteiger partial charge < -0.3 is 0 Å². The van der Waals surface area contributed by atoms with E-state index < -0.39 is 0 Å². The van der Waals surface area contributed by atoms with Gasteiger partial charge in [0.15, 0.2) is 0 Å². The molecule has 0 amide bonds. The first-order chi connectivity index (χ1) is 4.35. The van der Waals surface area contributed by atoms with E-state index >= 15 is 0 Å². The van der Waals surface area contributed by atoms with Gasteiger partial charge >= 0.3 is 0 Å². The minimum atomic E-state index is 0.465. The normalized spacial score (nSPS) is 12.2. The SMILES string of the molecule is CCCC(C=C=O)CC. The lowest BCUT2D eigenvalue weighted by Crippen LogP contribution is -1.92. The van der Waals surface area contributed by atoms with Crippen molar-refractivity contribution in [1.82, 2.24) is 0 Å². The third-order valence-electron chi connectivity index (χ3n) is 1.49. The highest BCUT2D eigenvalue weighted by molar-refractivity contribution is 5.45. The average molecular weight is 126 g/mol. The van der Waals surface area contributed by atoms with Crippen LogP contribution in [-0.2, 0) is 4.79 Å². The van der Waals surface area contributed by atoms with Gasteiger partial charge in [0.05, 0.1) is 0 Å². The van der Waals surface area contributed by atoms with Crippen LogP contribution in [0.2, 0.25) is 0 Å². The van der Waals surface area contributed by atoms with E-state index in [-0.39, 0.29) is 0 Å². The first-order valence-corrected chi connectivity index (χ1v) is 3.56. The van der Waals surface area contributed by atoms with Crippen LogP contribution < -0.4 is 0 Å². The molecule has 0 aromatic rings. The van der Waals surface area contributed by atoms with Crippen LogP contribution in [0.15, 0.2) is 6.08 Å². The molecule has 0 aromatic heterocycles. The Labute approximate surface area is 56.8 Å². The number of carbonyl (C=O) groups excluding carboxylic acids is 1. The van der Waals surface area contributed by atoms with E-state index in [0.29, 0.717) is 5.92 Å². The molecule has 9 heavy (non-hydrogen) atoms. The molecule has 0 bridgehead atoms. The lowest BCUT2D eigenvalue weighted by Gasteiger charge is -2.03. The summed E-state index contributed by atoms with van der Waals surface area (Å²) in [6.45, 7) is 4.22. The molecule has 1 unspecified atom stereocenters. The molecule has 0 spiro atoms. The standard InChI is InChI=1S/C8H14O/c1-3-5-8(4-2)6-7-9/h6,8H,3-5H2,1-2H3. The lowest BCUT2D eigenvalue weighted by atomic mass is 10.0. The van der Waals surface area contributed by atoms with Crippen LogP contribution in [0, 0.1) is 5.92 Å². The second kappa shape index (κ2) is 5.58. The molecule has 1 nitrogen and oxygen atoms in total. The van der Waals surface area contributed by atoms with Gasteiger partial charge in [-0.15, -0.1) is 0 Å². The zero-order valence-electron chi connectivity index (χ0n) is 6.18. The molecule has 0 fully saturated rings. The zero-order chi connectivity index (χ0) is 7.11. The van der Waals surface area contributed by atoms with Crippen LogP contribution in [0.1, 0.15) is 33.1 Å². The molecule has 0 aromatic carbocycles. The van der Waals surface area contributed by atoms with Gasteiger partial charge in [-0.05, 0) is 18.8 Å². The highest BCUT2D eigenvalue weighted by Gasteiger charge is 1.98. The summed E-state index contributed by atoms with van der Waals surface area (Å²) in [7, 11) is 0. The van der Waals surface area contributed by atoms with Crippen molar-refractivity contribution < 1.29 is 4.79 Å². The third kappa shape index (κ3) is 3.99. The van der Waals surface area contributed by atoms with Crippen molar-refractivity contribution in [2.75, 3.05) is 0 Å². The predicted molar refractivity (Wildman–Crippen MR) is 39.0 cm³/mol. The minimum Gasteiger partial charge on any atom is -0.234 e. The maximum Gasteiger partial charge on any atom is 0.120 e. The fraction of sp³-hybridized carbons (Fsp3) is 0.750. The highest BCUT2D eigenvalue weighted by atomic mass is 16.1. The Morgan fingerprint density at radius 2 is 2.22 bits per heavy atom. The topological polar surface area (TPSA) is 17.1 Å². The van der Waals surface area contributed by atoms with E-state index in [2.05, 4.69) is 13.8 Å². The molecular formula is C8H14O. The Hall–Kier alpha value is -0.550. The quantitative estimate of drug-likeness (QED) is 0.528. The maximum atomic E-state index is 9.87. The monoisotopic (exact) mass is 126 g/mol. The van der Waals surface area contributed by atoms with Crippen LogP contribution in [0.25, 0.3) is 0 Å². The molecule has 0 N–H and O–H groups in total. The Kier molecular flexibility index (Phi) is 5.24.